The van der Waals surface area contributed by atoms with E-state index in [1.165, 1.54) is 23.1 Å². The van der Waals surface area contributed by atoms with E-state index in [4.69, 9.17) is 23.2 Å². The molecule has 2 rings (SSSR count). The molecule has 0 saturated carbocycles. The third-order valence-electron chi connectivity index (χ3n) is 5.10. The molecule has 186 valence electrons. The topological polar surface area (TPSA) is 86.8 Å². The maximum atomic E-state index is 13.6. The molecular weight excluding hydrogens is 497 g/mol. The quantitative estimate of drug-likeness (QED) is 0.495. The second-order valence-electron chi connectivity index (χ2n) is 8.49. The number of halogens is 2. The van der Waals surface area contributed by atoms with Crippen molar-refractivity contribution in [2.75, 3.05) is 17.1 Å². The average molecular weight is 529 g/mol. The van der Waals surface area contributed by atoms with Gasteiger partial charge in [-0.1, -0.05) is 60.0 Å². The van der Waals surface area contributed by atoms with Gasteiger partial charge in [0.25, 0.3) is 0 Å². The summed E-state index contributed by atoms with van der Waals surface area (Å²) in [5.41, 5.74) is 2.06. The fraction of sp³-hybridized carbons (Fsp3) is 0.417. The zero-order valence-electron chi connectivity index (χ0n) is 20.0. The van der Waals surface area contributed by atoms with E-state index in [9.17, 15) is 18.0 Å². The Balaban J connectivity index is 2.46. The molecule has 0 unspecified atom stereocenters. The highest BCUT2D eigenvalue weighted by Crippen LogP contribution is 2.27. The summed E-state index contributed by atoms with van der Waals surface area (Å²) in [7, 11) is -3.86. The van der Waals surface area contributed by atoms with E-state index in [1.54, 1.807) is 0 Å². The minimum absolute atomic E-state index is 0.112. The van der Waals surface area contributed by atoms with E-state index in [1.807, 2.05) is 52.0 Å². The second kappa shape index (κ2) is 11.9. The number of hydrogen-bond donors (Lipinski definition) is 1. The minimum atomic E-state index is -3.86. The Kier molecular flexibility index (Phi) is 9.79. The Morgan fingerprint density at radius 1 is 1.03 bits per heavy atom. The van der Waals surface area contributed by atoms with E-state index in [0.29, 0.717) is 6.42 Å². The van der Waals surface area contributed by atoms with Gasteiger partial charge in [-0.25, -0.2) is 8.42 Å². The van der Waals surface area contributed by atoms with Gasteiger partial charge in [-0.05, 0) is 51.0 Å². The molecule has 1 atom stereocenters. The van der Waals surface area contributed by atoms with Crippen molar-refractivity contribution in [3.8, 4) is 0 Å². The molecule has 0 aromatic heterocycles. The van der Waals surface area contributed by atoms with Gasteiger partial charge in [0.1, 0.15) is 12.6 Å². The number of nitrogens with zero attached hydrogens (tertiary/aromatic N) is 2. The van der Waals surface area contributed by atoms with Crippen LogP contribution in [-0.2, 0) is 26.2 Å². The van der Waals surface area contributed by atoms with Gasteiger partial charge in [0.15, 0.2) is 0 Å². The number of carbonyl (C=O) groups is 2. The van der Waals surface area contributed by atoms with Crippen LogP contribution in [0.25, 0.3) is 0 Å². The van der Waals surface area contributed by atoms with Crippen LogP contribution in [0.4, 0.5) is 5.69 Å². The van der Waals surface area contributed by atoms with Crippen LogP contribution in [0, 0.1) is 6.92 Å². The lowest BCUT2D eigenvalue weighted by atomic mass is 10.1. The van der Waals surface area contributed by atoms with Crippen molar-refractivity contribution in [2.24, 2.45) is 0 Å². The molecule has 7 nitrogen and oxygen atoms in total. The van der Waals surface area contributed by atoms with Crippen molar-refractivity contribution in [3.63, 3.8) is 0 Å². The first-order chi connectivity index (χ1) is 15.8. The van der Waals surface area contributed by atoms with Crippen molar-refractivity contribution in [1.29, 1.82) is 0 Å². The van der Waals surface area contributed by atoms with Crippen LogP contribution in [0.3, 0.4) is 0 Å². The van der Waals surface area contributed by atoms with Gasteiger partial charge in [-0.15, -0.1) is 0 Å². The zero-order valence-corrected chi connectivity index (χ0v) is 22.3. The Morgan fingerprint density at radius 2 is 1.59 bits per heavy atom. The van der Waals surface area contributed by atoms with Gasteiger partial charge in [0.2, 0.25) is 21.8 Å². The van der Waals surface area contributed by atoms with E-state index in [-0.39, 0.29) is 34.2 Å². The molecule has 2 aromatic rings. The fourth-order valence-electron chi connectivity index (χ4n) is 3.49. The number of benzene rings is 2. The monoisotopic (exact) mass is 527 g/mol. The first-order valence-electron chi connectivity index (χ1n) is 10.9. The highest BCUT2D eigenvalue weighted by molar-refractivity contribution is 7.92. The van der Waals surface area contributed by atoms with E-state index in [0.717, 1.165) is 21.7 Å². The summed E-state index contributed by atoms with van der Waals surface area (Å²) in [6.45, 7) is 7.09. The lowest BCUT2D eigenvalue weighted by Gasteiger charge is -2.33. The maximum absolute atomic E-state index is 13.6. The van der Waals surface area contributed by atoms with Gasteiger partial charge >= 0.3 is 0 Å². The smallest absolute Gasteiger partial charge is 0.244 e. The molecule has 0 aliphatic rings. The number of anilines is 1. The molecule has 0 fully saturated rings. The fourth-order valence-corrected chi connectivity index (χ4v) is 4.84. The normalized spacial score (nSPS) is 12.4. The van der Waals surface area contributed by atoms with Gasteiger partial charge in [0, 0.05) is 22.6 Å². The van der Waals surface area contributed by atoms with E-state index >= 15 is 0 Å². The predicted molar refractivity (Wildman–Crippen MR) is 138 cm³/mol. The molecule has 0 aliphatic heterocycles. The van der Waals surface area contributed by atoms with Crippen LogP contribution in [0.15, 0.2) is 42.5 Å². The predicted octanol–water partition coefficient (Wildman–Crippen LogP) is 4.40. The summed E-state index contributed by atoms with van der Waals surface area (Å²) in [5.74, 6) is -0.817. The molecule has 0 bridgehead atoms. The van der Waals surface area contributed by atoms with Gasteiger partial charge < -0.3 is 10.2 Å². The highest BCUT2D eigenvalue weighted by atomic mass is 35.5. The molecule has 0 saturated heterocycles. The van der Waals surface area contributed by atoms with Crippen LogP contribution in [-0.4, -0.2) is 50.0 Å². The number of rotatable bonds is 10. The average Bonchev–Trinajstić information content (AvgIpc) is 2.71. The van der Waals surface area contributed by atoms with E-state index < -0.39 is 28.5 Å². The number of amides is 2. The minimum Gasteiger partial charge on any atom is -0.352 e. The summed E-state index contributed by atoms with van der Waals surface area (Å²) in [6, 6.07) is 11.0. The van der Waals surface area contributed by atoms with Gasteiger partial charge in [-0.3, -0.25) is 13.9 Å². The lowest BCUT2D eigenvalue weighted by molar-refractivity contribution is -0.140. The summed E-state index contributed by atoms with van der Waals surface area (Å²) >= 11 is 12.1. The first-order valence-corrected chi connectivity index (χ1v) is 13.5. The van der Waals surface area contributed by atoms with Crippen molar-refractivity contribution in [3.05, 3.63) is 63.6 Å². The molecule has 2 aromatic carbocycles. The molecule has 0 radical (unpaired) electrons. The number of hydrogen-bond acceptors (Lipinski definition) is 4. The molecular formula is C24H31Cl2N3O4S. The molecule has 0 heterocycles. The second-order valence-corrected chi connectivity index (χ2v) is 11.3. The largest absolute Gasteiger partial charge is 0.352 e. The standard InChI is InChI=1S/C24H31Cl2N3O4S/c1-6-22(24(31)27-16(2)3)28(14-18-9-7-17(4)8-10-18)23(30)15-29(34(5,32)33)21-12-19(25)11-20(26)13-21/h7-13,16,22H,6,14-15H2,1-5H3,(H,27,31)/t22-/m1/s1. The summed E-state index contributed by atoms with van der Waals surface area (Å²) in [5, 5.41) is 3.33. The van der Waals surface area contributed by atoms with Crippen LogP contribution in [0.2, 0.25) is 10.0 Å². The number of sulfonamides is 1. The zero-order chi connectivity index (χ0) is 25.6. The summed E-state index contributed by atoms with van der Waals surface area (Å²) in [4.78, 5) is 27.9. The molecule has 10 heteroatoms. The Hall–Kier alpha value is -2.29. The molecule has 1 N–H and O–H groups in total. The maximum Gasteiger partial charge on any atom is 0.244 e. The number of nitrogens with one attached hydrogen (secondary N) is 1. The van der Waals surface area contributed by atoms with Gasteiger partial charge in [0.05, 0.1) is 11.9 Å². The molecule has 0 aliphatic carbocycles. The Morgan fingerprint density at radius 3 is 2.06 bits per heavy atom. The van der Waals surface area contributed by atoms with Crippen LogP contribution < -0.4 is 9.62 Å². The lowest BCUT2D eigenvalue weighted by Crippen LogP contribution is -2.53. The van der Waals surface area contributed by atoms with Crippen molar-refractivity contribution >= 4 is 50.7 Å². The Labute approximate surface area is 212 Å². The van der Waals surface area contributed by atoms with Gasteiger partial charge in [-0.2, -0.15) is 0 Å². The summed E-state index contributed by atoms with van der Waals surface area (Å²) in [6.07, 6.45) is 1.36. The van der Waals surface area contributed by atoms with E-state index in [2.05, 4.69) is 5.32 Å². The third-order valence-corrected chi connectivity index (χ3v) is 6.68. The Bertz CT molecular complexity index is 1100. The number of aryl methyl sites for hydroxylation is 1. The molecule has 34 heavy (non-hydrogen) atoms. The van der Waals surface area contributed by atoms with Crippen molar-refractivity contribution < 1.29 is 18.0 Å². The SMILES string of the molecule is CC[C@H](C(=O)NC(C)C)N(Cc1ccc(C)cc1)C(=O)CN(c1cc(Cl)cc(Cl)c1)S(C)(=O)=O. The van der Waals surface area contributed by atoms with Crippen LogP contribution in [0.5, 0.6) is 0 Å². The molecule has 2 amide bonds. The summed E-state index contributed by atoms with van der Waals surface area (Å²) < 4.78 is 26.2. The highest BCUT2D eigenvalue weighted by Gasteiger charge is 2.32. The molecule has 0 spiro atoms. The van der Waals surface area contributed by atoms with Crippen molar-refractivity contribution in [2.45, 2.75) is 52.7 Å². The van der Waals surface area contributed by atoms with Crippen LogP contribution >= 0.6 is 23.2 Å². The third kappa shape index (κ3) is 7.89. The number of carbonyl (C=O) groups excluding carboxylic acids is 2. The van der Waals surface area contributed by atoms with Crippen LogP contribution in [0.1, 0.15) is 38.3 Å². The van der Waals surface area contributed by atoms with Crippen molar-refractivity contribution in [1.82, 2.24) is 10.2 Å². The first kappa shape index (κ1) is 28.0.